The highest BCUT2D eigenvalue weighted by Crippen LogP contribution is 2.30. The number of hydrogen-bond acceptors (Lipinski definition) is 7. The smallest absolute Gasteiger partial charge is 0.229 e. The van der Waals surface area contributed by atoms with Crippen LogP contribution >= 0.6 is 0 Å². The van der Waals surface area contributed by atoms with Gasteiger partial charge in [-0.25, -0.2) is 8.42 Å². The lowest BCUT2D eigenvalue weighted by Gasteiger charge is -2.28. The highest BCUT2D eigenvalue weighted by Gasteiger charge is 2.21. The molecule has 0 aliphatic rings. The largest absolute Gasteiger partial charge is 0.507 e. The van der Waals surface area contributed by atoms with Crippen LogP contribution in [0, 0.1) is 0 Å². The number of hydrogen-bond donors (Lipinski definition) is 6. The van der Waals surface area contributed by atoms with Crippen molar-refractivity contribution in [1.82, 2.24) is 10.6 Å². The average molecular weight is 618 g/mol. The van der Waals surface area contributed by atoms with E-state index >= 15 is 0 Å². The molecule has 6 N–H and O–H groups in total. The molecule has 1 amide bonds. The predicted octanol–water partition coefficient (Wildman–Crippen LogP) is 4.64. The van der Waals surface area contributed by atoms with Crippen molar-refractivity contribution in [3.05, 3.63) is 113 Å². The number of β-amino-alcohol motifs (C(OH)–C–C–N with tert-alkyl or cyclic N) is 1. The Balaban J connectivity index is 1.31. The molecule has 1 atom stereocenters. The van der Waals surface area contributed by atoms with Crippen LogP contribution in [0.25, 0.3) is 11.1 Å². The molecule has 0 fully saturated rings. The average Bonchev–Trinajstić information content (AvgIpc) is 2.96. The van der Waals surface area contributed by atoms with Crippen LogP contribution in [0.2, 0.25) is 0 Å². The quantitative estimate of drug-likeness (QED) is 0.120. The molecule has 10 heteroatoms. The fourth-order valence-corrected chi connectivity index (χ4v) is 5.53. The Bertz CT molecular complexity index is 1720. The van der Waals surface area contributed by atoms with Gasteiger partial charge in [-0.3, -0.25) is 9.52 Å². The van der Waals surface area contributed by atoms with Crippen LogP contribution in [0.4, 0.5) is 5.69 Å². The van der Waals surface area contributed by atoms with Gasteiger partial charge in [-0.05, 0) is 72.4 Å². The van der Waals surface area contributed by atoms with Gasteiger partial charge in [0.1, 0.15) is 11.5 Å². The van der Waals surface area contributed by atoms with Gasteiger partial charge in [0.15, 0.2) is 0 Å². The van der Waals surface area contributed by atoms with Crippen molar-refractivity contribution in [2.75, 3.05) is 17.5 Å². The van der Waals surface area contributed by atoms with Gasteiger partial charge in [-0.2, -0.15) is 0 Å². The number of nitrogens with one attached hydrogen (secondary N) is 3. The van der Waals surface area contributed by atoms with E-state index in [1.165, 1.54) is 12.1 Å². The molecule has 44 heavy (non-hydrogen) atoms. The molecule has 232 valence electrons. The molecule has 4 aromatic carbocycles. The predicted molar refractivity (Wildman–Crippen MR) is 173 cm³/mol. The lowest BCUT2D eigenvalue weighted by molar-refractivity contribution is -0.120. The first-order valence-electron chi connectivity index (χ1n) is 14.2. The molecule has 0 aliphatic heterocycles. The number of amides is 1. The summed E-state index contributed by atoms with van der Waals surface area (Å²) in [6, 6.07) is 27.0. The number of aliphatic hydroxyl groups excluding tert-OH is 1. The van der Waals surface area contributed by atoms with E-state index in [-0.39, 0.29) is 36.1 Å². The second-order valence-corrected chi connectivity index (χ2v) is 13.3. The van der Waals surface area contributed by atoms with Crippen molar-refractivity contribution < 1.29 is 28.5 Å². The second kappa shape index (κ2) is 13.9. The lowest BCUT2D eigenvalue weighted by atomic mass is 9.93. The van der Waals surface area contributed by atoms with Crippen LogP contribution in [0.15, 0.2) is 91.0 Å². The number of para-hydroxylation sites is 1. The number of carbonyl (C=O) groups is 1. The molecule has 0 aliphatic carbocycles. The molecule has 0 aromatic heterocycles. The Labute approximate surface area is 258 Å². The number of carbonyl (C=O) groups excluding carboxylic acids is 1. The minimum atomic E-state index is -3.59. The third-order valence-corrected chi connectivity index (χ3v) is 7.70. The zero-order valence-corrected chi connectivity index (χ0v) is 25.9. The zero-order chi connectivity index (χ0) is 31.9. The van der Waals surface area contributed by atoms with Gasteiger partial charge in [0.05, 0.1) is 24.5 Å². The summed E-state index contributed by atoms with van der Waals surface area (Å²) in [6.45, 7) is 4.58. The van der Waals surface area contributed by atoms with Gasteiger partial charge in [-0.15, -0.1) is 0 Å². The van der Waals surface area contributed by atoms with Gasteiger partial charge < -0.3 is 26.0 Å². The minimum Gasteiger partial charge on any atom is -0.507 e. The van der Waals surface area contributed by atoms with Crippen LogP contribution < -0.4 is 15.4 Å². The summed E-state index contributed by atoms with van der Waals surface area (Å²) in [5.74, 6) is -0.126. The summed E-state index contributed by atoms with van der Waals surface area (Å²) in [5, 5.41) is 37.2. The molecule has 4 rings (SSSR count). The summed E-state index contributed by atoms with van der Waals surface area (Å²) in [5.41, 5.74) is 4.50. The van der Waals surface area contributed by atoms with E-state index in [0.29, 0.717) is 18.5 Å². The van der Waals surface area contributed by atoms with E-state index in [0.717, 1.165) is 34.1 Å². The molecular formula is C34H39N3O6S. The Morgan fingerprint density at radius 3 is 2.30 bits per heavy atom. The van der Waals surface area contributed by atoms with E-state index in [4.69, 9.17) is 0 Å². The lowest BCUT2D eigenvalue weighted by Crippen LogP contribution is -2.43. The zero-order valence-electron chi connectivity index (χ0n) is 25.0. The Hall–Kier alpha value is -4.38. The van der Waals surface area contributed by atoms with Gasteiger partial charge in [0.25, 0.3) is 0 Å². The Morgan fingerprint density at radius 1 is 0.841 bits per heavy atom. The normalized spacial score (nSPS) is 12.5. The van der Waals surface area contributed by atoms with Crippen molar-refractivity contribution in [2.45, 2.75) is 44.9 Å². The van der Waals surface area contributed by atoms with Crippen molar-refractivity contribution in [3.8, 4) is 22.6 Å². The van der Waals surface area contributed by atoms with Gasteiger partial charge in [-0.1, -0.05) is 66.7 Å². The fourth-order valence-electron chi connectivity index (χ4n) is 4.97. The summed E-state index contributed by atoms with van der Waals surface area (Å²) >= 11 is 0. The first kappa shape index (κ1) is 32.5. The first-order valence-corrected chi connectivity index (χ1v) is 16.1. The maximum Gasteiger partial charge on any atom is 0.229 e. The summed E-state index contributed by atoms with van der Waals surface area (Å²) in [6.07, 6.45) is 0.903. The number of phenols is 2. The fraction of sp³-hybridized carbons (Fsp3) is 0.265. The van der Waals surface area contributed by atoms with Crippen LogP contribution in [0.3, 0.4) is 0 Å². The van der Waals surface area contributed by atoms with E-state index in [1.54, 1.807) is 18.2 Å². The number of phenolic OH excluding ortho intramolecular Hbond substituents is 2. The number of benzene rings is 4. The summed E-state index contributed by atoms with van der Waals surface area (Å²) in [4.78, 5) is 12.8. The molecule has 0 unspecified atom stereocenters. The third-order valence-electron chi connectivity index (χ3n) is 7.11. The minimum absolute atomic E-state index is 0.00477. The van der Waals surface area contributed by atoms with Crippen molar-refractivity contribution in [1.29, 1.82) is 0 Å². The highest BCUT2D eigenvalue weighted by molar-refractivity contribution is 7.92. The van der Waals surface area contributed by atoms with E-state index < -0.39 is 21.7 Å². The third kappa shape index (κ3) is 9.57. The van der Waals surface area contributed by atoms with Crippen LogP contribution in [-0.2, 0) is 34.2 Å². The maximum absolute atomic E-state index is 12.8. The number of rotatable bonds is 13. The SMILES string of the molecule is CC(C)(Cc1cccc(CC(=O)NCc2cccc(-c3ccccc3O)c2)c1)NC[C@H](O)c1ccc(O)c(NS(C)(=O)=O)c1. The molecule has 0 heterocycles. The Morgan fingerprint density at radius 2 is 1.55 bits per heavy atom. The van der Waals surface area contributed by atoms with E-state index in [1.807, 2.05) is 74.5 Å². The van der Waals surface area contributed by atoms with Crippen LogP contribution in [0.5, 0.6) is 11.5 Å². The first-order chi connectivity index (χ1) is 20.8. The van der Waals surface area contributed by atoms with Crippen molar-refractivity contribution in [2.24, 2.45) is 0 Å². The molecule has 0 saturated carbocycles. The van der Waals surface area contributed by atoms with E-state index in [9.17, 15) is 28.5 Å². The summed E-state index contributed by atoms with van der Waals surface area (Å²) in [7, 11) is -3.59. The Kier molecular flexibility index (Phi) is 10.3. The molecular weight excluding hydrogens is 578 g/mol. The van der Waals surface area contributed by atoms with Crippen LogP contribution in [-0.4, -0.2) is 48.0 Å². The van der Waals surface area contributed by atoms with Gasteiger partial charge in [0.2, 0.25) is 15.9 Å². The monoisotopic (exact) mass is 617 g/mol. The molecule has 0 saturated heterocycles. The number of sulfonamides is 1. The summed E-state index contributed by atoms with van der Waals surface area (Å²) < 4.78 is 25.4. The molecule has 0 radical (unpaired) electrons. The van der Waals surface area contributed by atoms with Gasteiger partial charge in [0, 0.05) is 24.2 Å². The number of aliphatic hydroxyl groups is 1. The molecule has 9 nitrogen and oxygen atoms in total. The van der Waals surface area contributed by atoms with Crippen LogP contribution in [0.1, 0.15) is 42.2 Å². The molecule has 4 aromatic rings. The topological polar surface area (TPSA) is 148 Å². The highest BCUT2D eigenvalue weighted by atomic mass is 32.2. The van der Waals surface area contributed by atoms with E-state index in [2.05, 4.69) is 15.4 Å². The maximum atomic E-state index is 12.8. The van der Waals surface area contributed by atoms with Crippen molar-refractivity contribution in [3.63, 3.8) is 0 Å². The molecule has 0 spiro atoms. The standard InChI is InChI=1S/C34H39N3O6S/c1-34(2,36-22-32(40)27-14-15-31(39)29(19-27)37-44(3,42)43)20-24-9-6-8-23(16-24)18-33(41)35-21-25-10-7-11-26(17-25)28-12-4-5-13-30(28)38/h4-17,19,32,36-40H,18,20-22H2,1-3H3,(H,35,41)/t32-/m0/s1. The van der Waals surface area contributed by atoms with Gasteiger partial charge >= 0.3 is 0 Å². The number of aromatic hydroxyl groups is 2. The second-order valence-electron chi connectivity index (χ2n) is 11.6. The molecule has 0 bridgehead atoms. The van der Waals surface area contributed by atoms with Crippen molar-refractivity contribution >= 4 is 21.6 Å². The number of anilines is 1.